The fraction of sp³-hybridized carbons (Fsp3) is 0.444. The second-order valence-electron chi connectivity index (χ2n) is 7.04. The predicted octanol–water partition coefficient (Wildman–Crippen LogP) is 1.93. The van der Waals surface area contributed by atoms with Crippen LogP contribution in [0.2, 0.25) is 0 Å². The van der Waals surface area contributed by atoms with Gasteiger partial charge in [0.1, 0.15) is 11.4 Å². The molecular formula is C18H21F3N6O2. The molecule has 4 N–H and O–H groups in total. The number of alkyl halides is 3. The molecular weight excluding hydrogens is 389 g/mol. The molecule has 1 aromatic heterocycles. The van der Waals surface area contributed by atoms with Crippen LogP contribution in [0.3, 0.4) is 0 Å². The number of phenolic OH excluding ortho intramolecular Hbond substituents is 1. The number of rotatable bonds is 5. The standard InChI is InChI=1S/C18H21F3N6O2/c1-10-5-11(18(19,20)21)6-14(28)16(10)13-7-23-17(26-25-13)24-12-3-2-4-27(8-12)9-15(22)29/h5-7,12,28H,2-4,8-9H2,1H3,(H2,22,29)(H,23,24,26)/t12-/m1/s1. The smallest absolute Gasteiger partial charge is 0.416 e. The topological polar surface area (TPSA) is 117 Å². The molecule has 1 aliphatic heterocycles. The number of aromatic hydroxyl groups is 1. The number of primary amides is 1. The Morgan fingerprint density at radius 3 is 2.72 bits per heavy atom. The molecule has 156 valence electrons. The Labute approximate surface area is 164 Å². The minimum atomic E-state index is -4.55. The van der Waals surface area contributed by atoms with Gasteiger partial charge in [0.25, 0.3) is 0 Å². The number of carbonyl (C=O) groups is 1. The van der Waals surface area contributed by atoms with E-state index in [1.807, 2.05) is 4.90 Å². The van der Waals surface area contributed by atoms with Crippen molar-refractivity contribution in [2.45, 2.75) is 32.0 Å². The lowest BCUT2D eigenvalue weighted by Crippen LogP contribution is -2.45. The van der Waals surface area contributed by atoms with Crippen LogP contribution in [-0.4, -0.2) is 56.8 Å². The zero-order chi connectivity index (χ0) is 21.2. The van der Waals surface area contributed by atoms with Gasteiger partial charge in [-0.15, -0.1) is 10.2 Å². The van der Waals surface area contributed by atoms with Gasteiger partial charge in [-0.2, -0.15) is 13.2 Å². The fourth-order valence-electron chi connectivity index (χ4n) is 3.44. The van der Waals surface area contributed by atoms with Crippen molar-refractivity contribution in [2.24, 2.45) is 5.73 Å². The van der Waals surface area contributed by atoms with E-state index in [0.717, 1.165) is 25.5 Å². The third-order valence-corrected chi connectivity index (χ3v) is 4.68. The minimum absolute atomic E-state index is 0.0111. The molecule has 3 rings (SSSR count). The molecule has 0 bridgehead atoms. The summed E-state index contributed by atoms with van der Waals surface area (Å²) < 4.78 is 38.6. The molecule has 1 atom stereocenters. The summed E-state index contributed by atoms with van der Waals surface area (Å²) in [5.74, 6) is -0.674. The number of nitrogens with two attached hydrogens (primary N) is 1. The molecule has 29 heavy (non-hydrogen) atoms. The van der Waals surface area contributed by atoms with Crippen molar-refractivity contribution in [2.75, 3.05) is 25.0 Å². The largest absolute Gasteiger partial charge is 0.507 e. The molecule has 0 unspecified atom stereocenters. The second kappa shape index (κ2) is 8.19. The molecule has 0 spiro atoms. The maximum absolute atomic E-state index is 12.9. The first kappa shape index (κ1) is 20.8. The van der Waals surface area contributed by atoms with Crippen molar-refractivity contribution >= 4 is 11.9 Å². The van der Waals surface area contributed by atoms with Crippen LogP contribution in [0.5, 0.6) is 5.75 Å². The summed E-state index contributed by atoms with van der Waals surface area (Å²) in [5.41, 5.74) is 4.82. The highest BCUT2D eigenvalue weighted by molar-refractivity contribution is 5.76. The number of carbonyl (C=O) groups excluding carboxylic acids is 1. The van der Waals surface area contributed by atoms with E-state index < -0.39 is 17.5 Å². The number of benzene rings is 1. The van der Waals surface area contributed by atoms with Crippen LogP contribution in [0.25, 0.3) is 11.3 Å². The minimum Gasteiger partial charge on any atom is -0.507 e. The third-order valence-electron chi connectivity index (χ3n) is 4.68. The van der Waals surface area contributed by atoms with Gasteiger partial charge in [-0.25, -0.2) is 4.98 Å². The average Bonchev–Trinajstić information content (AvgIpc) is 2.61. The van der Waals surface area contributed by atoms with E-state index in [9.17, 15) is 23.1 Å². The second-order valence-corrected chi connectivity index (χ2v) is 7.04. The molecule has 1 fully saturated rings. The van der Waals surface area contributed by atoms with Gasteiger partial charge >= 0.3 is 6.18 Å². The van der Waals surface area contributed by atoms with Crippen LogP contribution >= 0.6 is 0 Å². The third kappa shape index (κ3) is 5.11. The predicted molar refractivity (Wildman–Crippen MR) is 98.9 cm³/mol. The summed E-state index contributed by atoms with van der Waals surface area (Å²) in [6.07, 6.45) is -1.47. The molecule has 8 nitrogen and oxygen atoms in total. The van der Waals surface area contributed by atoms with E-state index in [4.69, 9.17) is 5.73 Å². The van der Waals surface area contributed by atoms with E-state index in [-0.39, 0.29) is 41.3 Å². The number of halogens is 3. The van der Waals surface area contributed by atoms with Crippen molar-refractivity contribution in [3.8, 4) is 17.0 Å². The van der Waals surface area contributed by atoms with Crippen molar-refractivity contribution in [1.29, 1.82) is 0 Å². The maximum Gasteiger partial charge on any atom is 0.416 e. The summed E-state index contributed by atoms with van der Waals surface area (Å²) in [6.45, 7) is 3.02. The number of amides is 1. The fourth-order valence-corrected chi connectivity index (χ4v) is 3.44. The number of likely N-dealkylation sites (tertiary alicyclic amines) is 1. The molecule has 1 saturated heterocycles. The highest BCUT2D eigenvalue weighted by Crippen LogP contribution is 2.38. The van der Waals surface area contributed by atoms with Gasteiger partial charge in [0, 0.05) is 18.2 Å². The van der Waals surface area contributed by atoms with Crippen molar-refractivity contribution in [3.63, 3.8) is 0 Å². The van der Waals surface area contributed by atoms with E-state index in [1.165, 1.54) is 13.1 Å². The van der Waals surface area contributed by atoms with Gasteiger partial charge in [-0.05, 0) is 44.0 Å². The average molecular weight is 410 g/mol. The van der Waals surface area contributed by atoms with Gasteiger partial charge in [0.15, 0.2) is 0 Å². The Morgan fingerprint density at radius 1 is 1.38 bits per heavy atom. The molecule has 0 radical (unpaired) electrons. The Bertz CT molecular complexity index is 865. The molecule has 1 amide bonds. The maximum atomic E-state index is 12.9. The molecule has 11 heteroatoms. The van der Waals surface area contributed by atoms with Crippen LogP contribution in [0.4, 0.5) is 19.1 Å². The normalized spacial score (nSPS) is 17.9. The first-order chi connectivity index (χ1) is 13.6. The van der Waals surface area contributed by atoms with E-state index >= 15 is 0 Å². The number of anilines is 1. The summed E-state index contributed by atoms with van der Waals surface area (Å²) in [7, 11) is 0. The van der Waals surface area contributed by atoms with Gasteiger partial charge < -0.3 is 16.2 Å². The molecule has 0 aliphatic carbocycles. The molecule has 2 heterocycles. The highest BCUT2D eigenvalue weighted by Gasteiger charge is 2.32. The number of piperidine rings is 1. The summed E-state index contributed by atoms with van der Waals surface area (Å²) in [5, 5.41) is 21.2. The summed E-state index contributed by atoms with van der Waals surface area (Å²) >= 11 is 0. The SMILES string of the molecule is Cc1cc(C(F)(F)F)cc(O)c1-c1cnc(N[C@@H]2CCCN(CC(N)=O)C2)nn1. The Hall–Kier alpha value is -2.95. The lowest BCUT2D eigenvalue weighted by Gasteiger charge is -2.32. The van der Waals surface area contributed by atoms with E-state index in [1.54, 1.807) is 0 Å². The first-order valence-electron chi connectivity index (χ1n) is 9.01. The van der Waals surface area contributed by atoms with Crippen LogP contribution in [0.15, 0.2) is 18.3 Å². The molecule has 2 aromatic rings. The number of nitrogens with one attached hydrogen (secondary N) is 1. The lowest BCUT2D eigenvalue weighted by molar-refractivity contribution is -0.137. The number of hydrogen-bond acceptors (Lipinski definition) is 7. The van der Waals surface area contributed by atoms with Gasteiger partial charge in [0.2, 0.25) is 11.9 Å². The molecule has 0 saturated carbocycles. The van der Waals surface area contributed by atoms with Gasteiger partial charge in [-0.3, -0.25) is 9.69 Å². The van der Waals surface area contributed by atoms with E-state index in [2.05, 4.69) is 20.5 Å². The lowest BCUT2D eigenvalue weighted by atomic mass is 10.0. The van der Waals surface area contributed by atoms with Crippen molar-refractivity contribution in [3.05, 3.63) is 29.5 Å². The van der Waals surface area contributed by atoms with Crippen LogP contribution in [0.1, 0.15) is 24.0 Å². The zero-order valence-corrected chi connectivity index (χ0v) is 15.7. The number of nitrogens with zero attached hydrogens (tertiary/aromatic N) is 4. The van der Waals surface area contributed by atoms with Crippen LogP contribution < -0.4 is 11.1 Å². The first-order valence-corrected chi connectivity index (χ1v) is 9.01. The summed E-state index contributed by atoms with van der Waals surface area (Å²) in [4.78, 5) is 17.2. The monoisotopic (exact) mass is 410 g/mol. The van der Waals surface area contributed by atoms with Crippen molar-refractivity contribution < 1.29 is 23.1 Å². The number of phenols is 1. The zero-order valence-electron chi connectivity index (χ0n) is 15.7. The Balaban J connectivity index is 1.73. The van der Waals surface area contributed by atoms with E-state index in [0.29, 0.717) is 12.6 Å². The highest BCUT2D eigenvalue weighted by atomic mass is 19.4. The molecule has 1 aliphatic rings. The number of aryl methyl sites for hydroxylation is 1. The molecule has 1 aromatic carbocycles. The van der Waals surface area contributed by atoms with Gasteiger partial charge in [-0.1, -0.05) is 0 Å². The van der Waals surface area contributed by atoms with Gasteiger partial charge in [0.05, 0.1) is 18.3 Å². The number of aromatic nitrogens is 3. The van der Waals surface area contributed by atoms with Crippen molar-refractivity contribution in [1.82, 2.24) is 20.1 Å². The number of hydrogen-bond donors (Lipinski definition) is 3. The van der Waals surface area contributed by atoms with Crippen LogP contribution in [-0.2, 0) is 11.0 Å². The quantitative estimate of drug-likeness (QED) is 0.689. The Kier molecular flexibility index (Phi) is 5.87. The van der Waals surface area contributed by atoms with Crippen LogP contribution in [0, 0.1) is 6.92 Å². The Morgan fingerprint density at radius 2 is 2.14 bits per heavy atom. The summed E-state index contributed by atoms with van der Waals surface area (Å²) in [6, 6.07) is 1.61.